The summed E-state index contributed by atoms with van der Waals surface area (Å²) in [6.45, 7) is 5.33. The summed E-state index contributed by atoms with van der Waals surface area (Å²) in [7, 11) is 0. The number of nitrogens with one attached hydrogen (secondary N) is 1. The van der Waals surface area contributed by atoms with E-state index in [0.717, 1.165) is 48.4 Å². The monoisotopic (exact) mass is 397 g/mol. The molecular weight excluding hydrogens is 370 g/mol. The molecule has 4 aliphatic rings. The van der Waals surface area contributed by atoms with Crippen LogP contribution in [0.15, 0.2) is 6.07 Å². The summed E-state index contributed by atoms with van der Waals surface area (Å²) in [4.78, 5) is 33.8. The summed E-state index contributed by atoms with van der Waals surface area (Å²) in [5.74, 6) is 1.54. The molecule has 2 aromatic heterocycles. The van der Waals surface area contributed by atoms with Crippen LogP contribution < -0.4 is 5.32 Å². The molecule has 0 spiro atoms. The molecule has 2 heterocycles. The molecule has 29 heavy (non-hydrogen) atoms. The fraction of sp³-hybridized carbons (Fsp3) is 0.667. The Kier molecular flexibility index (Phi) is 4.15. The summed E-state index contributed by atoms with van der Waals surface area (Å²) < 4.78 is 6.90. The topological polar surface area (TPSA) is 98.5 Å². The molecule has 1 amide bonds. The van der Waals surface area contributed by atoms with Crippen molar-refractivity contribution >= 4 is 17.7 Å². The summed E-state index contributed by atoms with van der Waals surface area (Å²) in [5, 5.41) is 7.43. The third-order valence-corrected chi connectivity index (χ3v) is 6.88. The summed E-state index contributed by atoms with van der Waals surface area (Å²) in [6, 6.07) is 1.86. The van der Waals surface area contributed by atoms with Gasteiger partial charge in [0.25, 0.3) is 17.5 Å². The van der Waals surface area contributed by atoms with Crippen LogP contribution in [0.1, 0.15) is 67.5 Å². The van der Waals surface area contributed by atoms with Crippen LogP contribution in [0.25, 0.3) is 5.78 Å². The van der Waals surface area contributed by atoms with Gasteiger partial charge in [0.2, 0.25) is 0 Å². The average molecular weight is 397 g/mol. The molecule has 4 fully saturated rings. The molecule has 6 rings (SSSR count). The maximum absolute atomic E-state index is 12.8. The Morgan fingerprint density at radius 2 is 1.76 bits per heavy atom. The fourth-order valence-electron chi connectivity index (χ4n) is 6.15. The quantitative estimate of drug-likeness (QED) is 0.796. The van der Waals surface area contributed by atoms with Crippen LogP contribution in [-0.4, -0.2) is 43.1 Å². The molecule has 0 aliphatic heterocycles. The second kappa shape index (κ2) is 6.50. The first-order valence-corrected chi connectivity index (χ1v) is 10.5. The van der Waals surface area contributed by atoms with Crippen LogP contribution in [0.5, 0.6) is 0 Å². The van der Waals surface area contributed by atoms with Crippen molar-refractivity contribution in [2.75, 3.05) is 0 Å². The Balaban J connectivity index is 1.26. The van der Waals surface area contributed by atoms with Gasteiger partial charge in [-0.15, -0.1) is 5.10 Å². The van der Waals surface area contributed by atoms with Gasteiger partial charge in [0.15, 0.2) is 6.10 Å². The lowest BCUT2D eigenvalue weighted by Crippen LogP contribution is -2.61. The first-order valence-electron chi connectivity index (χ1n) is 10.5. The van der Waals surface area contributed by atoms with Gasteiger partial charge < -0.3 is 10.1 Å². The van der Waals surface area contributed by atoms with Crippen LogP contribution in [0.3, 0.4) is 0 Å². The highest BCUT2D eigenvalue weighted by atomic mass is 16.5. The minimum atomic E-state index is -0.891. The van der Waals surface area contributed by atoms with Gasteiger partial charge in [-0.25, -0.2) is 14.3 Å². The van der Waals surface area contributed by atoms with E-state index in [1.54, 1.807) is 6.92 Å². The predicted octanol–water partition coefficient (Wildman–Crippen LogP) is 2.37. The lowest BCUT2D eigenvalue weighted by atomic mass is 9.53. The molecule has 0 unspecified atom stereocenters. The van der Waals surface area contributed by atoms with Gasteiger partial charge in [0, 0.05) is 16.9 Å². The molecule has 4 aliphatic carbocycles. The third-order valence-electron chi connectivity index (χ3n) is 6.88. The lowest BCUT2D eigenvalue weighted by Gasteiger charge is -2.57. The Labute approximate surface area is 169 Å². The normalized spacial score (nSPS) is 31.1. The van der Waals surface area contributed by atoms with Crippen molar-refractivity contribution < 1.29 is 14.3 Å². The molecule has 4 bridgehead atoms. The minimum absolute atomic E-state index is 0.0827. The number of aryl methyl sites for hydroxylation is 2. The predicted molar refractivity (Wildman–Crippen MR) is 104 cm³/mol. The molecule has 0 aromatic carbocycles. The van der Waals surface area contributed by atoms with Gasteiger partial charge in [-0.05, 0) is 83.1 Å². The van der Waals surface area contributed by atoms with Crippen LogP contribution in [-0.2, 0) is 9.53 Å². The number of carbonyl (C=O) groups is 2. The Morgan fingerprint density at radius 3 is 2.38 bits per heavy atom. The van der Waals surface area contributed by atoms with Gasteiger partial charge >= 0.3 is 5.97 Å². The van der Waals surface area contributed by atoms with Gasteiger partial charge in [0.1, 0.15) is 0 Å². The van der Waals surface area contributed by atoms with Crippen molar-refractivity contribution in [3.8, 4) is 0 Å². The van der Waals surface area contributed by atoms with E-state index >= 15 is 0 Å². The van der Waals surface area contributed by atoms with Crippen molar-refractivity contribution in [3.63, 3.8) is 0 Å². The highest BCUT2D eigenvalue weighted by molar-refractivity contribution is 5.89. The van der Waals surface area contributed by atoms with E-state index in [1.165, 1.54) is 23.8 Å². The van der Waals surface area contributed by atoms with E-state index in [-0.39, 0.29) is 17.3 Å². The molecule has 0 saturated heterocycles. The zero-order valence-electron chi connectivity index (χ0n) is 17.1. The van der Waals surface area contributed by atoms with Crippen LogP contribution in [0, 0.1) is 31.6 Å². The molecular formula is C21H27N5O3. The van der Waals surface area contributed by atoms with E-state index in [0.29, 0.717) is 5.78 Å². The molecule has 1 atom stereocenters. The van der Waals surface area contributed by atoms with Crippen molar-refractivity contribution in [2.24, 2.45) is 17.8 Å². The Morgan fingerprint density at radius 1 is 1.14 bits per heavy atom. The SMILES string of the molecule is Cc1cc(C)n2nc(C(=O)O[C@@H](C)C(=O)NC34CC5CC(CC(C5)C3)C4)nc2n1. The van der Waals surface area contributed by atoms with E-state index < -0.39 is 12.1 Å². The summed E-state index contributed by atoms with van der Waals surface area (Å²) in [6.07, 6.45) is 6.22. The zero-order chi connectivity index (χ0) is 20.3. The first-order chi connectivity index (χ1) is 13.8. The largest absolute Gasteiger partial charge is 0.447 e. The molecule has 154 valence electrons. The van der Waals surface area contributed by atoms with Gasteiger partial charge in [-0.3, -0.25) is 4.79 Å². The minimum Gasteiger partial charge on any atom is -0.447 e. The smallest absolute Gasteiger partial charge is 0.379 e. The number of nitrogens with zero attached hydrogens (tertiary/aromatic N) is 4. The number of rotatable bonds is 4. The van der Waals surface area contributed by atoms with E-state index in [2.05, 4.69) is 20.4 Å². The fourth-order valence-corrected chi connectivity index (χ4v) is 6.15. The number of hydrogen-bond donors (Lipinski definition) is 1. The zero-order valence-corrected chi connectivity index (χ0v) is 17.1. The maximum Gasteiger partial charge on any atom is 0.379 e. The van der Waals surface area contributed by atoms with Crippen molar-refractivity contribution in [1.82, 2.24) is 24.9 Å². The molecule has 8 nitrogen and oxygen atoms in total. The highest BCUT2D eigenvalue weighted by Gasteiger charge is 2.51. The molecule has 4 saturated carbocycles. The third kappa shape index (κ3) is 3.28. The van der Waals surface area contributed by atoms with Gasteiger partial charge in [-0.1, -0.05) is 0 Å². The summed E-state index contributed by atoms with van der Waals surface area (Å²) >= 11 is 0. The molecule has 2 aromatic rings. The first kappa shape index (κ1) is 18.5. The number of fused-ring (bicyclic) bond motifs is 1. The highest BCUT2D eigenvalue weighted by Crippen LogP contribution is 2.55. The van der Waals surface area contributed by atoms with Crippen molar-refractivity contribution in [2.45, 2.75) is 70.9 Å². The Bertz CT molecular complexity index is 962. The molecule has 0 radical (unpaired) electrons. The number of aromatic nitrogens is 4. The van der Waals surface area contributed by atoms with Crippen LogP contribution in [0.4, 0.5) is 0 Å². The maximum atomic E-state index is 12.8. The average Bonchev–Trinajstić information content (AvgIpc) is 3.04. The van der Waals surface area contributed by atoms with E-state index in [9.17, 15) is 9.59 Å². The van der Waals surface area contributed by atoms with E-state index in [4.69, 9.17) is 4.74 Å². The van der Waals surface area contributed by atoms with Gasteiger partial charge in [-0.2, -0.15) is 4.98 Å². The van der Waals surface area contributed by atoms with Crippen LogP contribution in [0.2, 0.25) is 0 Å². The number of hydrogen-bond acceptors (Lipinski definition) is 6. The second-order valence-electron chi connectivity index (χ2n) is 9.42. The van der Waals surface area contributed by atoms with E-state index in [1.807, 2.05) is 19.9 Å². The standard InChI is InChI=1S/C21H27N5O3/c1-11-4-12(2)26-20(22-11)23-17(25-26)19(28)29-13(3)18(27)24-21-8-14-5-15(9-21)7-16(6-14)10-21/h4,13-16H,5-10H2,1-3H3,(H,24,27)/t13-,14?,15?,16?,21?/m0/s1. The molecule has 8 heteroatoms. The van der Waals surface area contributed by atoms with Crippen molar-refractivity contribution in [3.05, 3.63) is 23.3 Å². The van der Waals surface area contributed by atoms with Crippen LogP contribution >= 0.6 is 0 Å². The lowest BCUT2D eigenvalue weighted by molar-refractivity contribution is -0.134. The number of esters is 1. The summed E-state index contributed by atoms with van der Waals surface area (Å²) in [5.41, 5.74) is 1.52. The second-order valence-corrected chi connectivity index (χ2v) is 9.42. The number of amides is 1. The molecule has 1 N–H and O–H groups in total. The Hall–Kier alpha value is -2.51. The van der Waals surface area contributed by atoms with Crippen molar-refractivity contribution in [1.29, 1.82) is 0 Å². The number of ether oxygens (including phenoxy) is 1. The van der Waals surface area contributed by atoms with Gasteiger partial charge in [0.05, 0.1) is 0 Å². The number of carbonyl (C=O) groups excluding carboxylic acids is 2.